The fourth-order valence-corrected chi connectivity index (χ4v) is 2.46. The standard InChI is InChI=1S/C17H19F2NO/c1-20(2)11-16(21)17(12-3-7-14(18)8-4-12)13-5-9-15(19)10-6-13/h3-10,16-17,21H,11H2,1-2H3/t16-/m0/s1. The van der Waals surface area contributed by atoms with Crippen LogP contribution in [0.15, 0.2) is 48.5 Å². The highest BCUT2D eigenvalue weighted by Gasteiger charge is 2.23. The highest BCUT2D eigenvalue weighted by Crippen LogP contribution is 2.29. The van der Waals surface area contributed by atoms with E-state index in [4.69, 9.17) is 0 Å². The minimum absolute atomic E-state index is 0.321. The molecule has 0 aromatic heterocycles. The van der Waals surface area contributed by atoms with Gasteiger partial charge in [0.15, 0.2) is 0 Å². The molecule has 2 nitrogen and oxygen atoms in total. The molecule has 0 heterocycles. The Hall–Kier alpha value is -1.78. The van der Waals surface area contributed by atoms with Crippen LogP contribution in [0.25, 0.3) is 0 Å². The molecule has 0 amide bonds. The molecule has 0 spiro atoms. The highest BCUT2D eigenvalue weighted by molar-refractivity contribution is 5.34. The molecular weight excluding hydrogens is 272 g/mol. The van der Waals surface area contributed by atoms with Crippen molar-refractivity contribution >= 4 is 0 Å². The number of rotatable bonds is 5. The molecule has 0 aliphatic carbocycles. The molecule has 2 aromatic carbocycles. The van der Waals surface area contributed by atoms with Gasteiger partial charge in [0.1, 0.15) is 11.6 Å². The smallest absolute Gasteiger partial charge is 0.123 e. The van der Waals surface area contributed by atoms with Crippen LogP contribution in [0.3, 0.4) is 0 Å². The average Bonchev–Trinajstić information content (AvgIpc) is 2.42. The third-order valence-electron chi connectivity index (χ3n) is 3.40. The lowest BCUT2D eigenvalue weighted by Crippen LogP contribution is -2.31. The van der Waals surface area contributed by atoms with Gasteiger partial charge < -0.3 is 10.0 Å². The van der Waals surface area contributed by atoms with Gasteiger partial charge in [-0.3, -0.25) is 0 Å². The largest absolute Gasteiger partial charge is 0.391 e. The van der Waals surface area contributed by atoms with Crippen molar-refractivity contribution < 1.29 is 13.9 Å². The zero-order valence-electron chi connectivity index (χ0n) is 12.1. The predicted molar refractivity (Wildman–Crippen MR) is 79.2 cm³/mol. The minimum Gasteiger partial charge on any atom is -0.391 e. The second kappa shape index (κ2) is 6.78. The lowest BCUT2D eigenvalue weighted by molar-refractivity contribution is 0.121. The average molecular weight is 291 g/mol. The van der Waals surface area contributed by atoms with Gasteiger partial charge in [-0.2, -0.15) is 0 Å². The number of nitrogens with zero attached hydrogens (tertiary/aromatic N) is 1. The first-order valence-corrected chi connectivity index (χ1v) is 6.81. The maximum Gasteiger partial charge on any atom is 0.123 e. The number of benzene rings is 2. The molecule has 0 bridgehead atoms. The van der Waals surface area contributed by atoms with E-state index in [0.717, 1.165) is 11.1 Å². The van der Waals surface area contributed by atoms with Crippen molar-refractivity contribution in [3.05, 3.63) is 71.3 Å². The van der Waals surface area contributed by atoms with Gasteiger partial charge in [0.25, 0.3) is 0 Å². The zero-order valence-corrected chi connectivity index (χ0v) is 12.1. The summed E-state index contributed by atoms with van der Waals surface area (Å²) in [5.41, 5.74) is 1.61. The maximum absolute atomic E-state index is 13.1. The van der Waals surface area contributed by atoms with E-state index in [2.05, 4.69) is 0 Å². The second-order valence-electron chi connectivity index (χ2n) is 5.41. The van der Waals surface area contributed by atoms with Crippen LogP contribution in [-0.4, -0.2) is 36.8 Å². The number of hydrogen-bond acceptors (Lipinski definition) is 2. The van der Waals surface area contributed by atoms with Crippen LogP contribution in [-0.2, 0) is 0 Å². The summed E-state index contributed by atoms with van der Waals surface area (Å²) in [7, 11) is 3.74. The van der Waals surface area contributed by atoms with Crippen molar-refractivity contribution in [3.8, 4) is 0 Å². The molecule has 4 heteroatoms. The first-order chi connectivity index (χ1) is 9.97. The van der Waals surface area contributed by atoms with E-state index < -0.39 is 6.10 Å². The van der Waals surface area contributed by atoms with Gasteiger partial charge in [0.05, 0.1) is 6.10 Å². The van der Waals surface area contributed by atoms with E-state index >= 15 is 0 Å². The number of aliphatic hydroxyl groups excluding tert-OH is 1. The van der Waals surface area contributed by atoms with Gasteiger partial charge in [-0.15, -0.1) is 0 Å². The number of aliphatic hydroxyl groups is 1. The Bertz CT molecular complexity index is 521. The SMILES string of the molecule is CN(C)C[C@H](O)C(c1ccc(F)cc1)c1ccc(F)cc1. The molecule has 0 unspecified atom stereocenters. The molecular formula is C17H19F2NO. The summed E-state index contributed by atoms with van der Waals surface area (Å²) in [6.45, 7) is 0.458. The normalized spacial score (nSPS) is 12.9. The van der Waals surface area contributed by atoms with E-state index in [1.54, 1.807) is 24.3 Å². The van der Waals surface area contributed by atoms with Crippen molar-refractivity contribution in [2.24, 2.45) is 0 Å². The Morgan fingerprint density at radius 2 is 1.24 bits per heavy atom. The van der Waals surface area contributed by atoms with Crippen molar-refractivity contribution in [1.29, 1.82) is 0 Å². The molecule has 0 saturated heterocycles. The van der Waals surface area contributed by atoms with Gasteiger partial charge in [0.2, 0.25) is 0 Å². The maximum atomic E-state index is 13.1. The molecule has 0 saturated carbocycles. The van der Waals surface area contributed by atoms with E-state index in [1.165, 1.54) is 24.3 Å². The molecule has 0 aliphatic heterocycles. The fourth-order valence-electron chi connectivity index (χ4n) is 2.46. The Balaban J connectivity index is 2.38. The Morgan fingerprint density at radius 3 is 1.57 bits per heavy atom. The first-order valence-electron chi connectivity index (χ1n) is 6.81. The number of halogens is 2. The molecule has 21 heavy (non-hydrogen) atoms. The lowest BCUT2D eigenvalue weighted by Gasteiger charge is -2.26. The summed E-state index contributed by atoms with van der Waals surface area (Å²) >= 11 is 0. The van der Waals surface area contributed by atoms with Crippen LogP contribution in [0.1, 0.15) is 17.0 Å². The summed E-state index contributed by atoms with van der Waals surface area (Å²) in [5, 5.41) is 10.5. The van der Waals surface area contributed by atoms with Crippen molar-refractivity contribution in [2.45, 2.75) is 12.0 Å². The van der Waals surface area contributed by atoms with Crippen molar-refractivity contribution in [2.75, 3.05) is 20.6 Å². The van der Waals surface area contributed by atoms with Crippen LogP contribution in [0, 0.1) is 11.6 Å². The Kier molecular flexibility index (Phi) is 5.04. The number of hydrogen-bond donors (Lipinski definition) is 1. The molecule has 1 N–H and O–H groups in total. The summed E-state index contributed by atoms with van der Waals surface area (Å²) in [6.07, 6.45) is -0.670. The predicted octanol–water partition coefficient (Wildman–Crippen LogP) is 3.02. The minimum atomic E-state index is -0.670. The van der Waals surface area contributed by atoms with Gasteiger partial charge in [-0.1, -0.05) is 24.3 Å². The van der Waals surface area contributed by atoms with Crippen molar-refractivity contribution in [3.63, 3.8) is 0 Å². The monoisotopic (exact) mass is 291 g/mol. The summed E-state index contributed by atoms with van der Waals surface area (Å²) in [5.74, 6) is -0.967. The molecule has 1 atom stereocenters. The van der Waals surface area contributed by atoms with Crippen molar-refractivity contribution in [1.82, 2.24) is 4.90 Å². The molecule has 2 aromatic rings. The second-order valence-corrected chi connectivity index (χ2v) is 5.41. The molecule has 0 radical (unpaired) electrons. The lowest BCUT2D eigenvalue weighted by atomic mass is 9.86. The van der Waals surface area contributed by atoms with Gasteiger partial charge in [0, 0.05) is 12.5 Å². The van der Waals surface area contributed by atoms with Gasteiger partial charge in [-0.05, 0) is 49.5 Å². The Labute approximate surface area is 123 Å². The topological polar surface area (TPSA) is 23.5 Å². The summed E-state index contributed by atoms with van der Waals surface area (Å²) in [6, 6.07) is 12.1. The zero-order chi connectivity index (χ0) is 15.4. The summed E-state index contributed by atoms with van der Waals surface area (Å²) in [4.78, 5) is 1.88. The summed E-state index contributed by atoms with van der Waals surface area (Å²) < 4.78 is 26.2. The van der Waals surface area contributed by atoms with E-state index in [9.17, 15) is 13.9 Å². The molecule has 0 aliphatic rings. The number of likely N-dealkylation sites (N-methyl/N-ethyl adjacent to an activating group) is 1. The molecule has 112 valence electrons. The van der Waals surface area contributed by atoms with Gasteiger partial charge in [-0.25, -0.2) is 8.78 Å². The van der Waals surface area contributed by atoms with Crippen LogP contribution < -0.4 is 0 Å². The van der Waals surface area contributed by atoms with Crippen LogP contribution >= 0.6 is 0 Å². The fraction of sp³-hybridized carbons (Fsp3) is 0.294. The van der Waals surface area contributed by atoms with Gasteiger partial charge >= 0.3 is 0 Å². The van der Waals surface area contributed by atoms with Crippen LogP contribution in [0.5, 0.6) is 0 Å². The third kappa shape index (κ3) is 4.09. The molecule has 0 fully saturated rings. The van der Waals surface area contributed by atoms with E-state index in [0.29, 0.717) is 6.54 Å². The highest BCUT2D eigenvalue weighted by atomic mass is 19.1. The molecule has 2 rings (SSSR count). The van der Waals surface area contributed by atoms with Crippen LogP contribution in [0.2, 0.25) is 0 Å². The van der Waals surface area contributed by atoms with E-state index in [-0.39, 0.29) is 17.6 Å². The van der Waals surface area contributed by atoms with Crippen LogP contribution in [0.4, 0.5) is 8.78 Å². The third-order valence-corrected chi connectivity index (χ3v) is 3.40. The van der Waals surface area contributed by atoms with E-state index in [1.807, 2.05) is 19.0 Å². The first kappa shape index (κ1) is 15.6. The Morgan fingerprint density at radius 1 is 0.857 bits per heavy atom. The quantitative estimate of drug-likeness (QED) is 0.915.